The normalized spacial score (nSPS) is 25.3. The number of aromatic nitrogens is 2. The third kappa shape index (κ3) is 4.80. The summed E-state index contributed by atoms with van der Waals surface area (Å²) in [6.45, 7) is 8.46. The topological polar surface area (TPSA) is 70.8 Å². The van der Waals surface area contributed by atoms with Crippen LogP contribution in [0.4, 0.5) is 0 Å². The van der Waals surface area contributed by atoms with Crippen molar-refractivity contribution >= 4 is 5.91 Å². The molecule has 0 saturated carbocycles. The number of hydrogen-bond donors (Lipinski definition) is 1. The van der Waals surface area contributed by atoms with Gasteiger partial charge in [0.15, 0.2) is 0 Å². The van der Waals surface area contributed by atoms with Gasteiger partial charge in [0.25, 0.3) is 0 Å². The molecule has 2 unspecified atom stereocenters. The average Bonchev–Trinajstić information content (AvgIpc) is 3.09. The maximum Gasteiger partial charge on any atom is 0.242 e. The lowest BCUT2D eigenvalue weighted by molar-refractivity contribution is -0.135. The Balaban J connectivity index is 1.60. The number of likely N-dealkylation sites (tertiary alicyclic amines) is 1. The Kier molecular flexibility index (Phi) is 6.45. The number of aryl methyl sites for hydroxylation is 1. The van der Waals surface area contributed by atoms with Crippen LogP contribution >= 0.6 is 0 Å². The molecule has 1 amide bonds. The summed E-state index contributed by atoms with van der Waals surface area (Å²) >= 11 is 0. The van der Waals surface area contributed by atoms with Crippen molar-refractivity contribution in [1.29, 1.82) is 0 Å². The Labute approximate surface area is 149 Å². The first-order valence-corrected chi connectivity index (χ1v) is 9.38. The first-order valence-electron chi connectivity index (χ1n) is 9.38. The van der Waals surface area contributed by atoms with Crippen LogP contribution in [0.3, 0.4) is 0 Å². The molecule has 0 aliphatic carbocycles. The van der Waals surface area contributed by atoms with Crippen LogP contribution in [0.15, 0.2) is 12.4 Å². The summed E-state index contributed by atoms with van der Waals surface area (Å²) in [4.78, 5) is 21.4. The van der Waals surface area contributed by atoms with Crippen LogP contribution in [0.5, 0.6) is 0 Å². The lowest BCUT2D eigenvalue weighted by Gasteiger charge is -2.40. The second-order valence-corrected chi connectivity index (χ2v) is 7.19. The minimum Gasteiger partial charge on any atom is -0.396 e. The molecule has 3 heterocycles. The Morgan fingerprint density at radius 1 is 1.32 bits per heavy atom. The predicted octanol–water partition coefficient (Wildman–Crippen LogP) is 0.235. The molecule has 0 spiro atoms. The fourth-order valence-corrected chi connectivity index (χ4v) is 3.98. The third-order valence-corrected chi connectivity index (χ3v) is 5.28. The number of aliphatic hydroxyl groups excluding tert-OH is 1. The van der Waals surface area contributed by atoms with Gasteiger partial charge < -0.3 is 19.3 Å². The monoisotopic (exact) mass is 350 g/mol. The molecule has 2 saturated heterocycles. The molecule has 7 nitrogen and oxygen atoms in total. The van der Waals surface area contributed by atoms with E-state index in [2.05, 4.69) is 9.88 Å². The molecule has 0 bridgehead atoms. The zero-order chi connectivity index (χ0) is 17.6. The van der Waals surface area contributed by atoms with Crippen LogP contribution in [0.25, 0.3) is 0 Å². The average molecular weight is 350 g/mol. The lowest BCUT2D eigenvalue weighted by Crippen LogP contribution is -2.50. The van der Waals surface area contributed by atoms with E-state index in [-0.39, 0.29) is 18.4 Å². The number of aliphatic hydroxyl groups is 1. The fourth-order valence-electron chi connectivity index (χ4n) is 3.98. The van der Waals surface area contributed by atoms with Gasteiger partial charge in [0.05, 0.1) is 13.2 Å². The molecule has 25 heavy (non-hydrogen) atoms. The van der Waals surface area contributed by atoms with E-state index in [0.29, 0.717) is 19.0 Å². The number of piperidine rings is 1. The van der Waals surface area contributed by atoms with Gasteiger partial charge in [-0.25, -0.2) is 4.98 Å². The van der Waals surface area contributed by atoms with Gasteiger partial charge in [-0.05, 0) is 18.3 Å². The van der Waals surface area contributed by atoms with Crippen molar-refractivity contribution < 1.29 is 14.6 Å². The fraction of sp³-hybridized carbons (Fsp3) is 0.778. The molecule has 1 N–H and O–H groups in total. The van der Waals surface area contributed by atoms with Crippen molar-refractivity contribution in [3.63, 3.8) is 0 Å². The number of nitrogens with zero attached hydrogens (tertiary/aromatic N) is 4. The number of amides is 1. The van der Waals surface area contributed by atoms with E-state index in [1.165, 1.54) is 0 Å². The van der Waals surface area contributed by atoms with Crippen LogP contribution in [0.1, 0.15) is 19.2 Å². The summed E-state index contributed by atoms with van der Waals surface area (Å²) in [5, 5.41) is 9.67. The van der Waals surface area contributed by atoms with Gasteiger partial charge in [-0.3, -0.25) is 9.69 Å². The van der Waals surface area contributed by atoms with E-state index in [1.807, 2.05) is 22.6 Å². The first kappa shape index (κ1) is 18.4. The van der Waals surface area contributed by atoms with Gasteiger partial charge in [-0.1, -0.05) is 6.92 Å². The maximum atomic E-state index is 12.8. The molecule has 0 aromatic carbocycles. The first-order chi connectivity index (χ1) is 12.2. The maximum absolute atomic E-state index is 12.8. The van der Waals surface area contributed by atoms with Crippen molar-refractivity contribution in [1.82, 2.24) is 19.4 Å². The summed E-state index contributed by atoms with van der Waals surface area (Å²) in [5.74, 6) is 1.66. The largest absolute Gasteiger partial charge is 0.396 e. The second-order valence-electron chi connectivity index (χ2n) is 7.19. The Hall–Kier alpha value is -1.44. The van der Waals surface area contributed by atoms with E-state index in [4.69, 9.17) is 4.74 Å². The van der Waals surface area contributed by atoms with Crippen LogP contribution in [0.2, 0.25) is 0 Å². The summed E-state index contributed by atoms with van der Waals surface area (Å²) < 4.78 is 7.35. The zero-order valence-corrected chi connectivity index (χ0v) is 15.1. The highest BCUT2D eigenvalue weighted by molar-refractivity contribution is 5.76. The number of carbonyl (C=O) groups excluding carboxylic acids is 1. The smallest absolute Gasteiger partial charge is 0.242 e. The highest BCUT2D eigenvalue weighted by Gasteiger charge is 2.31. The van der Waals surface area contributed by atoms with Crippen molar-refractivity contribution in [3.05, 3.63) is 18.2 Å². The van der Waals surface area contributed by atoms with Gasteiger partial charge in [0, 0.05) is 58.1 Å². The molecule has 2 atom stereocenters. The van der Waals surface area contributed by atoms with Crippen LogP contribution in [-0.4, -0.2) is 82.9 Å². The number of morpholine rings is 1. The van der Waals surface area contributed by atoms with Crippen molar-refractivity contribution in [2.45, 2.75) is 26.3 Å². The number of rotatable bonds is 6. The third-order valence-electron chi connectivity index (χ3n) is 5.28. The molecule has 2 fully saturated rings. The van der Waals surface area contributed by atoms with Crippen molar-refractivity contribution in [2.24, 2.45) is 11.8 Å². The van der Waals surface area contributed by atoms with Crippen molar-refractivity contribution in [3.8, 4) is 0 Å². The minimum atomic E-state index is 0.123. The Morgan fingerprint density at radius 3 is 2.80 bits per heavy atom. The predicted molar refractivity (Wildman–Crippen MR) is 94.1 cm³/mol. The lowest BCUT2D eigenvalue weighted by atomic mass is 9.89. The van der Waals surface area contributed by atoms with Gasteiger partial charge in [0.2, 0.25) is 5.91 Å². The van der Waals surface area contributed by atoms with E-state index < -0.39 is 0 Å². The number of carbonyl (C=O) groups is 1. The second kappa shape index (κ2) is 8.78. The molecular weight excluding hydrogens is 320 g/mol. The van der Waals surface area contributed by atoms with Gasteiger partial charge >= 0.3 is 0 Å². The molecule has 7 heteroatoms. The number of imidazole rings is 1. The molecule has 0 radical (unpaired) electrons. The Bertz CT molecular complexity index is 556. The number of ether oxygens (including phenoxy) is 1. The van der Waals surface area contributed by atoms with Gasteiger partial charge in [-0.15, -0.1) is 0 Å². The standard InChI is InChI=1S/C18H30N4O3/c1-2-17-19-3-4-21(17)13-18(24)22-11-15(9-16(12-22)14-23)10-20-5-7-25-8-6-20/h3-4,15-16,23H,2,5-14H2,1H3. The SMILES string of the molecule is CCc1nccn1CC(=O)N1CC(CO)CC(CN2CCOCC2)C1. The van der Waals surface area contributed by atoms with Gasteiger partial charge in [-0.2, -0.15) is 0 Å². The van der Waals surface area contributed by atoms with E-state index in [1.54, 1.807) is 6.20 Å². The van der Waals surface area contributed by atoms with Crippen LogP contribution in [-0.2, 0) is 22.5 Å². The summed E-state index contributed by atoms with van der Waals surface area (Å²) in [7, 11) is 0. The van der Waals surface area contributed by atoms with E-state index in [0.717, 1.165) is 58.1 Å². The highest BCUT2D eigenvalue weighted by Crippen LogP contribution is 2.23. The summed E-state index contributed by atoms with van der Waals surface area (Å²) in [5.41, 5.74) is 0. The molecule has 2 aliphatic heterocycles. The zero-order valence-electron chi connectivity index (χ0n) is 15.1. The minimum absolute atomic E-state index is 0.123. The molecule has 1 aromatic rings. The molecule has 3 rings (SSSR count). The molecule has 1 aromatic heterocycles. The summed E-state index contributed by atoms with van der Waals surface area (Å²) in [6, 6.07) is 0. The molecule has 140 valence electrons. The van der Waals surface area contributed by atoms with Crippen LogP contribution < -0.4 is 0 Å². The molecular formula is C18H30N4O3. The number of hydrogen-bond acceptors (Lipinski definition) is 5. The van der Waals surface area contributed by atoms with Crippen LogP contribution in [0, 0.1) is 11.8 Å². The quantitative estimate of drug-likeness (QED) is 0.796. The highest BCUT2D eigenvalue weighted by atomic mass is 16.5. The Morgan fingerprint density at radius 2 is 2.08 bits per heavy atom. The molecule has 2 aliphatic rings. The van der Waals surface area contributed by atoms with E-state index in [9.17, 15) is 9.90 Å². The van der Waals surface area contributed by atoms with Gasteiger partial charge in [0.1, 0.15) is 12.4 Å². The van der Waals surface area contributed by atoms with Crippen molar-refractivity contribution in [2.75, 3.05) is 52.5 Å². The van der Waals surface area contributed by atoms with E-state index >= 15 is 0 Å². The summed E-state index contributed by atoms with van der Waals surface area (Å²) in [6.07, 6.45) is 5.43.